The molecule has 11 heteroatoms. The van der Waals surface area contributed by atoms with Crippen LogP contribution < -0.4 is 21.3 Å². The van der Waals surface area contributed by atoms with Crippen molar-refractivity contribution in [3.05, 3.63) is 35.9 Å². The first kappa shape index (κ1) is 37.0. The SMILES string of the molecule is CC(C)C[C@H](NC(=O)[C@@H](NC(=O)OC(C)(C)C)[C@@H]1CCOC1)[C@@H](O)C[C@@H](C)C(=O)N[C@H](C(=O)NCc1ccccc1)C(C)C. The summed E-state index contributed by atoms with van der Waals surface area (Å²) in [5, 5.41) is 22.6. The third kappa shape index (κ3) is 12.8. The van der Waals surface area contributed by atoms with E-state index in [9.17, 15) is 24.3 Å². The molecule has 0 aliphatic carbocycles. The highest BCUT2D eigenvalue weighted by Gasteiger charge is 2.37. The molecule has 5 N–H and O–H groups in total. The predicted molar refractivity (Wildman–Crippen MR) is 168 cm³/mol. The molecule has 0 bridgehead atoms. The first-order valence-electron chi connectivity index (χ1n) is 15.7. The van der Waals surface area contributed by atoms with Gasteiger partial charge in [-0.3, -0.25) is 14.4 Å². The van der Waals surface area contributed by atoms with Crippen molar-refractivity contribution < 1.29 is 33.8 Å². The number of alkyl carbamates (subject to hydrolysis) is 1. The number of aliphatic hydroxyl groups is 1. The molecule has 11 nitrogen and oxygen atoms in total. The van der Waals surface area contributed by atoms with Gasteiger partial charge in [0.05, 0.1) is 18.8 Å². The Morgan fingerprint density at radius 1 is 0.932 bits per heavy atom. The Labute approximate surface area is 262 Å². The summed E-state index contributed by atoms with van der Waals surface area (Å²) in [6.45, 7) is 15.7. The van der Waals surface area contributed by atoms with Crippen LogP contribution in [0.4, 0.5) is 4.79 Å². The lowest BCUT2D eigenvalue weighted by molar-refractivity contribution is -0.132. The van der Waals surface area contributed by atoms with Gasteiger partial charge in [-0.15, -0.1) is 0 Å². The number of rotatable bonds is 15. The maximum Gasteiger partial charge on any atom is 0.408 e. The highest BCUT2D eigenvalue weighted by atomic mass is 16.6. The smallest absolute Gasteiger partial charge is 0.408 e. The number of ether oxygens (including phenoxy) is 2. The predicted octanol–water partition coefficient (Wildman–Crippen LogP) is 3.29. The van der Waals surface area contributed by atoms with Gasteiger partial charge < -0.3 is 35.8 Å². The molecule has 2 rings (SSSR count). The third-order valence-corrected chi connectivity index (χ3v) is 7.51. The fraction of sp³-hybridized carbons (Fsp3) is 0.697. The van der Waals surface area contributed by atoms with Crippen LogP contribution in [0, 0.1) is 23.7 Å². The molecule has 6 atom stereocenters. The summed E-state index contributed by atoms with van der Waals surface area (Å²) >= 11 is 0. The summed E-state index contributed by atoms with van der Waals surface area (Å²) in [5.74, 6) is -2.00. The molecule has 1 aromatic rings. The maximum atomic E-state index is 13.5. The molecule has 4 amide bonds. The summed E-state index contributed by atoms with van der Waals surface area (Å²) in [7, 11) is 0. The topological polar surface area (TPSA) is 155 Å². The van der Waals surface area contributed by atoms with E-state index in [2.05, 4.69) is 21.3 Å². The molecule has 0 saturated carbocycles. The summed E-state index contributed by atoms with van der Waals surface area (Å²) in [4.78, 5) is 52.2. The lowest BCUT2D eigenvalue weighted by Crippen LogP contribution is -2.56. The van der Waals surface area contributed by atoms with Crippen molar-refractivity contribution in [1.82, 2.24) is 21.3 Å². The van der Waals surface area contributed by atoms with E-state index in [0.717, 1.165) is 5.56 Å². The van der Waals surface area contributed by atoms with Crippen LogP contribution >= 0.6 is 0 Å². The molecular formula is C33H54N4O7. The number of amides is 4. The second-order valence-electron chi connectivity index (χ2n) is 13.6. The van der Waals surface area contributed by atoms with Gasteiger partial charge in [0.25, 0.3) is 0 Å². The van der Waals surface area contributed by atoms with E-state index in [-0.39, 0.29) is 36.0 Å². The standard InChI is InChI=1S/C33H54N4O7/c1-20(2)16-25(35-31(41)28(24-14-15-43-19-24)37-32(42)44-33(6,7)8)26(38)17-22(5)29(39)36-27(21(3)4)30(40)34-18-23-12-10-9-11-13-23/h9-13,20-22,24-28,38H,14-19H2,1-8H3,(H,34,40)(H,35,41)(H,36,39)(H,37,42)/t22-,24-,25+,26+,27+,28+/m1/s1. The van der Waals surface area contributed by atoms with E-state index >= 15 is 0 Å². The van der Waals surface area contributed by atoms with Gasteiger partial charge >= 0.3 is 6.09 Å². The van der Waals surface area contributed by atoms with Crippen molar-refractivity contribution in [2.45, 2.75) is 111 Å². The summed E-state index contributed by atoms with van der Waals surface area (Å²) in [5.41, 5.74) is 0.218. The summed E-state index contributed by atoms with van der Waals surface area (Å²) in [6.07, 6.45) is -0.635. The largest absolute Gasteiger partial charge is 0.444 e. The first-order valence-corrected chi connectivity index (χ1v) is 15.7. The molecule has 1 aliphatic rings. The van der Waals surface area contributed by atoms with E-state index in [0.29, 0.717) is 32.6 Å². The lowest BCUT2D eigenvalue weighted by atomic mass is 9.91. The van der Waals surface area contributed by atoms with Crippen LogP contribution in [0.15, 0.2) is 30.3 Å². The molecule has 0 radical (unpaired) electrons. The quantitative estimate of drug-likeness (QED) is 0.202. The van der Waals surface area contributed by atoms with Gasteiger partial charge in [0.1, 0.15) is 17.7 Å². The second kappa shape index (κ2) is 17.3. The lowest BCUT2D eigenvalue weighted by Gasteiger charge is -2.31. The van der Waals surface area contributed by atoms with E-state index in [1.54, 1.807) is 27.7 Å². The zero-order valence-corrected chi connectivity index (χ0v) is 27.6. The number of carbonyl (C=O) groups is 4. The van der Waals surface area contributed by atoms with Crippen LogP contribution in [0.2, 0.25) is 0 Å². The summed E-state index contributed by atoms with van der Waals surface area (Å²) < 4.78 is 10.9. The first-order chi connectivity index (χ1) is 20.6. The van der Waals surface area contributed by atoms with Crippen molar-refractivity contribution >= 4 is 23.8 Å². The van der Waals surface area contributed by atoms with Gasteiger partial charge in [-0.1, -0.05) is 65.0 Å². The van der Waals surface area contributed by atoms with E-state index in [1.165, 1.54) is 0 Å². The molecule has 1 aromatic carbocycles. The minimum atomic E-state index is -1.05. The van der Waals surface area contributed by atoms with Gasteiger partial charge in [-0.25, -0.2) is 4.79 Å². The Bertz CT molecular complexity index is 1070. The van der Waals surface area contributed by atoms with Gasteiger partial charge in [-0.2, -0.15) is 0 Å². The highest BCUT2D eigenvalue weighted by molar-refractivity contribution is 5.88. The van der Waals surface area contributed by atoms with Gasteiger partial charge in [-0.05, 0) is 57.4 Å². The van der Waals surface area contributed by atoms with Crippen molar-refractivity contribution in [2.75, 3.05) is 13.2 Å². The molecule has 1 heterocycles. The number of carbonyl (C=O) groups excluding carboxylic acids is 4. The number of benzene rings is 1. The van der Waals surface area contributed by atoms with Gasteiger partial charge in [0.2, 0.25) is 17.7 Å². The number of aliphatic hydroxyl groups excluding tert-OH is 1. The van der Waals surface area contributed by atoms with Crippen LogP contribution in [-0.4, -0.2) is 72.0 Å². The molecule has 0 unspecified atom stereocenters. The Hall–Kier alpha value is -3.18. The average molecular weight is 619 g/mol. The molecule has 1 saturated heterocycles. The maximum absolute atomic E-state index is 13.5. The number of hydrogen-bond donors (Lipinski definition) is 5. The second-order valence-corrected chi connectivity index (χ2v) is 13.6. The fourth-order valence-corrected chi connectivity index (χ4v) is 5.10. The minimum Gasteiger partial charge on any atom is -0.444 e. The average Bonchev–Trinajstić information content (AvgIpc) is 3.46. The van der Waals surface area contributed by atoms with Crippen molar-refractivity contribution in [1.29, 1.82) is 0 Å². The number of nitrogens with one attached hydrogen (secondary N) is 4. The zero-order valence-electron chi connectivity index (χ0n) is 27.6. The molecule has 0 aromatic heterocycles. The molecule has 44 heavy (non-hydrogen) atoms. The van der Waals surface area contributed by atoms with Crippen LogP contribution in [0.3, 0.4) is 0 Å². The van der Waals surface area contributed by atoms with E-state index in [4.69, 9.17) is 9.47 Å². The molecule has 248 valence electrons. The Balaban J connectivity index is 2.06. The minimum absolute atomic E-state index is 0.0661. The van der Waals surface area contributed by atoms with E-state index < -0.39 is 47.7 Å². The van der Waals surface area contributed by atoms with Crippen molar-refractivity contribution in [3.8, 4) is 0 Å². The Morgan fingerprint density at radius 3 is 2.14 bits per heavy atom. The Morgan fingerprint density at radius 2 is 1.59 bits per heavy atom. The van der Waals surface area contributed by atoms with Crippen LogP contribution in [0.25, 0.3) is 0 Å². The van der Waals surface area contributed by atoms with Crippen LogP contribution in [-0.2, 0) is 30.4 Å². The molecule has 1 fully saturated rings. The van der Waals surface area contributed by atoms with E-state index in [1.807, 2.05) is 58.0 Å². The monoisotopic (exact) mass is 618 g/mol. The van der Waals surface area contributed by atoms with Gasteiger partial charge in [0.15, 0.2) is 0 Å². The zero-order chi connectivity index (χ0) is 33.0. The van der Waals surface area contributed by atoms with Crippen LogP contribution in [0.5, 0.6) is 0 Å². The fourth-order valence-electron chi connectivity index (χ4n) is 5.10. The normalized spacial score (nSPS) is 18.6. The summed E-state index contributed by atoms with van der Waals surface area (Å²) in [6, 6.07) is 7.20. The number of hydrogen-bond acceptors (Lipinski definition) is 7. The van der Waals surface area contributed by atoms with Gasteiger partial charge in [0, 0.05) is 25.0 Å². The Kier molecular flexibility index (Phi) is 14.6. The highest BCUT2D eigenvalue weighted by Crippen LogP contribution is 2.21. The van der Waals surface area contributed by atoms with Crippen molar-refractivity contribution in [2.24, 2.45) is 23.7 Å². The molecule has 1 aliphatic heterocycles. The molecular weight excluding hydrogens is 564 g/mol. The van der Waals surface area contributed by atoms with Crippen molar-refractivity contribution in [3.63, 3.8) is 0 Å². The third-order valence-electron chi connectivity index (χ3n) is 7.51. The van der Waals surface area contributed by atoms with Crippen LogP contribution in [0.1, 0.15) is 80.2 Å². The molecule has 0 spiro atoms.